The molecular weight excluding hydrogens is 381 g/mol. The summed E-state index contributed by atoms with van der Waals surface area (Å²) in [5.74, 6) is 0.106. The van der Waals surface area contributed by atoms with Crippen LogP contribution in [0.4, 0.5) is 5.69 Å². The molecule has 0 aromatic heterocycles. The van der Waals surface area contributed by atoms with Crippen LogP contribution in [-0.2, 0) is 20.7 Å². The fraction of sp³-hybridized carbons (Fsp3) is 0.222. The zero-order valence-electron chi connectivity index (χ0n) is 13.6. The quantitative estimate of drug-likeness (QED) is 0.784. The van der Waals surface area contributed by atoms with Crippen LogP contribution < -0.4 is 14.8 Å². The van der Waals surface area contributed by atoms with E-state index in [1.807, 2.05) is 0 Å². The molecule has 0 saturated heterocycles. The smallest absolute Gasteiger partial charge is 0.310 e. The third-order valence-corrected chi connectivity index (χ3v) is 4.28. The van der Waals surface area contributed by atoms with Gasteiger partial charge in [-0.25, -0.2) is 0 Å². The van der Waals surface area contributed by atoms with Crippen molar-refractivity contribution in [3.05, 3.63) is 52.0 Å². The van der Waals surface area contributed by atoms with Crippen molar-refractivity contribution in [2.24, 2.45) is 0 Å². The molecular formula is C18H15Cl2NO5. The van der Waals surface area contributed by atoms with Gasteiger partial charge in [-0.3, -0.25) is 9.59 Å². The van der Waals surface area contributed by atoms with E-state index in [4.69, 9.17) is 37.4 Å². The highest BCUT2D eigenvalue weighted by Gasteiger charge is 2.15. The van der Waals surface area contributed by atoms with Crippen molar-refractivity contribution < 1.29 is 23.8 Å². The van der Waals surface area contributed by atoms with Gasteiger partial charge in [0.05, 0.1) is 6.42 Å². The number of fused-ring (bicyclic) bond motifs is 1. The second-order valence-corrected chi connectivity index (χ2v) is 6.26. The van der Waals surface area contributed by atoms with Gasteiger partial charge in [-0.05, 0) is 24.3 Å². The number of hydrogen-bond acceptors (Lipinski definition) is 5. The number of nitrogens with one attached hydrogen (secondary N) is 1. The highest BCUT2D eigenvalue weighted by atomic mass is 35.5. The predicted octanol–water partition coefficient (Wildman–Crippen LogP) is 3.49. The number of amides is 1. The van der Waals surface area contributed by atoms with E-state index in [0.717, 1.165) is 0 Å². The molecule has 26 heavy (non-hydrogen) atoms. The van der Waals surface area contributed by atoms with Crippen molar-refractivity contribution in [1.82, 2.24) is 0 Å². The second-order valence-electron chi connectivity index (χ2n) is 5.44. The van der Waals surface area contributed by atoms with E-state index in [1.54, 1.807) is 36.4 Å². The molecule has 0 radical (unpaired) electrons. The van der Waals surface area contributed by atoms with Crippen molar-refractivity contribution in [3.8, 4) is 11.5 Å². The average molecular weight is 396 g/mol. The van der Waals surface area contributed by atoms with Crippen LogP contribution in [0.2, 0.25) is 10.0 Å². The summed E-state index contributed by atoms with van der Waals surface area (Å²) < 4.78 is 15.8. The van der Waals surface area contributed by atoms with Gasteiger partial charge in [0, 0.05) is 27.4 Å². The van der Waals surface area contributed by atoms with E-state index in [2.05, 4.69) is 5.32 Å². The normalized spacial score (nSPS) is 12.4. The Morgan fingerprint density at radius 3 is 2.46 bits per heavy atom. The number of anilines is 1. The van der Waals surface area contributed by atoms with Crippen LogP contribution >= 0.6 is 23.2 Å². The number of rotatable bonds is 5. The summed E-state index contributed by atoms with van der Waals surface area (Å²) in [7, 11) is 0. The first-order valence-corrected chi connectivity index (χ1v) is 8.56. The lowest BCUT2D eigenvalue weighted by atomic mass is 10.1. The van der Waals surface area contributed by atoms with Gasteiger partial charge < -0.3 is 19.5 Å². The van der Waals surface area contributed by atoms with E-state index < -0.39 is 18.5 Å². The minimum Gasteiger partial charge on any atom is -0.486 e. The molecule has 1 N–H and O–H groups in total. The Morgan fingerprint density at radius 2 is 1.73 bits per heavy atom. The van der Waals surface area contributed by atoms with Gasteiger partial charge in [-0.1, -0.05) is 29.3 Å². The third kappa shape index (κ3) is 4.59. The molecule has 0 spiro atoms. The third-order valence-electron chi connectivity index (χ3n) is 3.57. The summed E-state index contributed by atoms with van der Waals surface area (Å²) in [5.41, 5.74) is 0.984. The Labute approximate surface area is 159 Å². The summed E-state index contributed by atoms with van der Waals surface area (Å²) in [6.07, 6.45) is -0.115. The second kappa shape index (κ2) is 8.29. The Hall–Kier alpha value is -2.44. The number of hydrogen-bond donors (Lipinski definition) is 1. The Morgan fingerprint density at radius 1 is 1.04 bits per heavy atom. The molecule has 3 rings (SSSR count). The lowest BCUT2D eigenvalue weighted by Gasteiger charge is -2.19. The van der Waals surface area contributed by atoms with Crippen molar-refractivity contribution in [2.45, 2.75) is 6.42 Å². The fourth-order valence-electron chi connectivity index (χ4n) is 2.36. The lowest BCUT2D eigenvalue weighted by Crippen LogP contribution is -2.22. The summed E-state index contributed by atoms with van der Waals surface area (Å²) in [5, 5.41) is 3.37. The number of carbonyl (C=O) groups is 2. The monoisotopic (exact) mass is 395 g/mol. The van der Waals surface area contributed by atoms with Crippen molar-refractivity contribution in [2.75, 3.05) is 25.1 Å². The van der Waals surface area contributed by atoms with E-state index in [1.165, 1.54) is 0 Å². The molecule has 1 aliphatic rings. The first-order chi connectivity index (χ1) is 12.5. The molecule has 136 valence electrons. The molecule has 0 saturated carbocycles. The van der Waals surface area contributed by atoms with Crippen molar-refractivity contribution in [1.29, 1.82) is 0 Å². The maximum Gasteiger partial charge on any atom is 0.310 e. The molecule has 2 aromatic carbocycles. The van der Waals surface area contributed by atoms with Gasteiger partial charge in [0.1, 0.15) is 13.2 Å². The largest absolute Gasteiger partial charge is 0.486 e. The number of esters is 1. The van der Waals surface area contributed by atoms with Gasteiger partial charge in [-0.15, -0.1) is 0 Å². The molecule has 0 aliphatic carbocycles. The molecule has 0 fully saturated rings. The maximum absolute atomic E-state index is 12.0. The van der Waals surface area contributed by atoms with Gasteiger partial charge in [0.2, 0.25) is 0 Å². The number of benzene rings is 2. The fourth-order valence-corrected chi connectivity index (χ4v) is 2.89. The molecule has 1 amide bonds. The maximum atomic E-state index is 12.0. The molecule has 0 bridgehead atoms. The Kier molecular flexibility index (Phi) is 5.85. The number of halogens is 2. The summed E-state index contributed by atoms with van der Waals surface area (Å²) >= 11 is 12.0. The molecule has 6 nitrogen and oxygen atoms in total. The first kappa shape index (κ1) is 18.4. The molecule has 8 heteroatoms. The first-order valence-electron chi connectivity index (χ1n) is 7.81. The van der Waals surface area contributed by atoms with Crippen LogP contribution in [0.15, 0.2) is 36.4 Å². The van der Waals surface area contributed by atoms with Crippen LogP contribution in [0.3, 0.4) is 0 Å². The summed E-state index contributed by atoms with van der Waals surface area (Å²) in [6, 6.07) is 9.97. The minimum atomic E-state index is -0.600. The molecule has 0 atom stereocenters. The van der Waals surface area contributed by atoms with Crippen LogP contribution in [0.1, 0.15) is 5.56 Å². The standard InChI is InChI=1S/C18H15Cl2NO5/c19-13-2-1-3-14(20)12(13)9-18(23)26-10-17(22)21-11-4-5-15-16(8-11)25-7-6-24-15/h1-5,8H,6-7,9-10H2,(H,21,22). The topological polar surface area (TPSA) is 73.9 Å². The predicted molar refractivity (Wildman–Crippen MR) is 97.2 cm³/mol. The van der Waals surface area contributed by atoms with E-state index in [9.17, 15) is 9.59 Å². The van der Waals surface area contributed by atoms with Crippen LogP contribution in [-0.4, -0.2) is 31.7 Å². The van der Waals surface area contributed by atoms with Crippen molar-refractivity contribution >= 4 is 40.8 Å². The molecule has 0 unspecified atom stereocenters. The summed E-state index contributed by atoms with van der Waals surface area (Å²) in [6.45, 7) is 0.520. The van der Waals surface area contributed by atoms with Gasteiger partial charge in [0.15, 0.2) is 18.1 Å². The Bertz CT molecular complexity index is 820. The highest BCUT2D eigenvalue weighted by molar-refractivity contribution is 6.36. The van der Waals surface area contributed by atoms with Gasteiger partial charge in [0.25, 0.3) is 5.91 Å². The van der Waals surface area contributed by atoms with E-state index in [-0.39, 0.29) is 6.42 Å². The number of carbonyl (C=O) groups excluding carboxylic acids is 2. The zero-order valence-corrected chi connectivity index (χ0v) is 15.1. The van der Waals surface area contributed by atoms with Crippen LogP contribution in [0.25, 0.3) is 0 Å². The van der Waals surface area contributed by atoms with E-state index in [0.29, 0.717) is 46.0 Å². The molecule has 1 heterocycles. The summed E-state index contributed by atoms with van der Waals surface area (Å²) in [4.78, 5) is 23.9. The Balaban J connectivity index is 1.51. The van der Waals surface area contributed by atoms with E-state index >= 15 is 0 Å². The van der Waals surface area contributed by atoms with Crippen molar-refractivity contribution in [3.63, 3.8) is 0 Å². The lowest BCUT2D eigenvalue weighted by molar-refractivity contribution is -0.146. The number of ether oxygens (including phenoxy) is 3. The zero-order chi connectivity index (χ0) is 18.5. The average Bonchev–Trinajstić information content (AvgIpc) is 2.63. The SMILES string of the molecule is O=C(COC(=O)Cc1c(Cl)cccc1Cl)Nc1ccc2c(c1)OCCO2. The molecule has 2 aromatic rings. The van der Waals surface area contributed by atoms with Gasteiger partial charge in [-0.2, -0.15) is 0 Å². The van der Waals surface area contributed by atoms with Crippen LogP contribution in [0, 0.1) is 0 Å². The minimum absolute atomic E-state index is 0.115. The van der Waals surface area contributed by atoms with Gasteiger partial charge >= 0.3 is 5.97 Å². The molecule has 1 aliphatic heterocycles. The highest BCUT2D eigenvalue weighted by Crippen LogP contribution is 2.32. The van der Waals surface area contributed by atoms with Crippen LogP contribution in [0.5, 0.6) is 11.5 Å².